The molecule has 106 valence electrons. The Morgan fingerprint density at radius 3 is 2.25 bits per heavy atom. The van der Waals surface area contributed by atoms with Gasteiger partial charge in [-0.1, -0.05) is 12.1 Å². The first kappa shape index (κ1) is 15.0. The molecular formula is C14H12F3IN2. The molecule has 0 bridgehead atoms. The summed E-state index contributed by atoms with van der Waals surface area (Å²) in [6.07, 6.45) is -4.38. The van der Waals surface area contributed by atoms with Crippen LogP contribution in [0.2, 0.25) is 0 Å². The summed E-state index contributed by atoms with van der Waals surface area (Å²) in [6.45, 7) is 0. The van der Waals surface area contributed by atoms with Crippen LogP contribution in [-0.4, -0.2) is 7.05 Å². The molecule has 2 N–H and O–H groups in total. The molecule has 2 nitrogen and oxygen atoms in total. The summed E-state index contributed by atoms with van der Waals surface area (Å²) in [7, 11) is 1.77. The molecule has 2 rings (SSSR count). The summed E-state index contributed by atoms with van der Waals surface area (Å²) in [5.41, 5.74) is 6.55. The first-order valence-corrected chi connectivity index (χ1v) is 6.83. The highest BCUT2D eigenvalue weighted by Crippen LogP contribution is 2.36. The zero-order chi connectivity index (χ0) is 14.9. The number of halogens is 4. The number of hydrogen-bond donors (Lipinski definition) is 1. The van der Waals surface area contributed by atoms with E-state index in [1.54, 1.807) is 11.9 Å². The van der Waals surface area contributed by atoms with Gasteiger partial charge in [-0.25, -0.2) is 0 Å². The van der Waals surface area contributed by atoms with Gasteiger partial charge in [-0.15, -0.1) is 0 Å². The largest absolute Gasteiger partial charge is 0.416 e. The van der Waals surface area contributed by atoms with Gasteiger partial charge >= 0.3 is 6.18 Å². The SMILES string of the molecule is CN(c1ccc(C(F)(F)F)cc1N)c1ccccc1I. The van der Waals surface area contributed by atoms with Crippen molar-refractivity contribution < 1.29 is 13.2 Å². The number of nitrogens with zero attached hydrogens (tertiary/aromatic N) is 1. The van der Waals surface area contributed by atoms with Crippen molar-refractivity contribution in [2.45, 2.75) is 6.18 Å². The van der Waals surface area contributed by atoms with E-state index in [4.69, 9.17) is 5.73 Å². The summed E-state index contributed by atoms with van der Waals surface area (Å²) in [5, 5.41) is 0. The van der Waals surface area contributed by atoms with Crippen molar-refractivity contribution in [3.8, 4) is 0 Å². The van der Waals surface area contributed by atoms with E-state index in [1.165, 1.54) is 6.07 Å². The lowest BCUT2D eigenvalue weighted by Crippen LogP contribution is -2.14. The molecular weight excluding hydrogens is 380 g/mol. The number of alkyl halides is 3. The minimum atomic E-state index is -4.38. The molecule has 0 heterocycles. The van der Waals surface area contributed by atoms with Gasteiger partial charge in [0.05, 0.1) is 22.6 Å². The van der Waals surface area contributed by atoms with Crippen molar-refractivity contribution in [3.63, 3.8) is 0 Å². The van der Waals surface area contributed by atoms with Gasteiger partial charge in [-0.2, -0.15) is 13.2 Å². The molecule has 0 fully saturated rings. The summed E-state index contributed by atoms with van der Waals surface area (Å²) in [4.78, 5) is 1.78. The quantitative estimate of drug-likeness (QED) is 0.595. The Morgan fingerprint density at radius 2 is 1.70 bits per heavy atom. The number of rotatable bonds is 2. The molecule has 2 aromatic carbocycles. The zero-order valence-corrected chi connectivity index (χ0v) is 12.7. The molecule has 0 amide bonds. The molecule has 6 heteroatoms. The van der Waals surface area contributed by atoms with E-state index in [9.17, 15) is 13.2 Å². The molecule has 0 aliphatic heterocycles. The highest BCUT2D eigenvalue weighted by molar-refractivity contribution is 14.1. The minimum Gasteiger partial charge on any atom is -0.397 e. The van der Waals surface area contributed by atoms with E-state index < -0.39 is 11.7 Å². The summed E-state index contributed by atoms with van der Waals surface area (Å²) >= 11 is 2.17. The lowest BCUT2D eigenvalue weighted by Gasteiger charge is -2.23. The third-order valence-corrected chi connectivity index (χ3v) is 3.84. The second-order valence-corrected chi connectivity index (χ2v) is 5.44. The Morgan fingerprint density at radius 1 is 1.05 bits per heavy atom. The van der Waals surface area contributed by atoms with Gasteiger partial charge in [0.15, 0.2) is 0 Å². The maximum Gasteiger partial charge on any atom is 0.416 e. The van der Waals surface area contributed by atoms with E-state index in [1.807, 2.05) is 24.3 Å². The fraction of sp³-hybridized carbons (Fsp3) is 0.143. The van der Waals surface area contributed by atoms with E-state index in [0.29, 0.717) is 5.69 Å². The van der Waals surface area contributed by atoms with Crippen molar-refractivity contribution in [2.24, 2.45) is 0 Å². The van der Waals surface area contributed by atoms with Crippen LogP contribution in [0.15, 0.2) is 42.5 Å². The molecule has 0 aliphatic rings. The van der Waals surface area contributed by atoms with Crippen LogP contribution < -0.4 is 10.6 Å². The lowest BCUT2D eigenvalue weighted by molar-refractivity contribution is -0.137. The molecule has 2 aromatic rings. The Bertz CT molecular complexity index is 626. The van der Waals surface area contributed by atoms with Crippen LogP contribution in [0.1, 0.15) is 5.56 Å². The molecule has 0 saturated heterocycles. The predicted octanol–water partition coefficient (Wildman–Crippen LogP) is 4.66. The van der Waals surface area contributed by atoms with Gasteiger partial charge in [0.1, 0.15) is 0 Å². The van der Waals surface area contributed by atoms with Gasteiger partial charge in [-0.3, -0.25) is 0 Å². The molecule has 0 saturated carbocycles. The third-order valence-electron chi connectivity index (χ3n) is 2.93. The number of benzene rings is 2. The molecule has 0 atom stereocenters. The van der Waals surface area contributed by atoms with E-state index in [2.05, 4.69) is 22.6 Å². The number of para-hydroxylation sites is 1. The van der Waals surface area contributed by atoms with E-state index in [-0.39, 0.29) is 5.69 Å². The number of anilines is 3. The van der Waals surface area contributed by atoms with Gasteiger partial charge < -0.3 is 10.6 Å². The zero-order valence-electron chi connectivity index (χ0n) is 10.6. The van der Waals surface area contributed by atoms with Gasteiger partial charge in [0.2, 0.25) is 0 Å². The van der Waals surface area contributed by atoms with Crippen LogP contribution in [-0.2, 0) is 6.18 Å². The Labute approximate surface area is 128 Å². The van der Waals surface area contributed by atoms with Crippen molar-refractivity contribution in [1.29, 1.82) is 0 Å². The van der Waals surface area contributed by atoms with Crippen molar-refractivity contribution in [3.05, 3.63) is 51.6 Å². The van der Waals surface area contributed by atoms with Crippen LogP contribution in [0.5, 0.6) is 0 Å². The van der Waals surface area contributed by atoms with E-state index >= 15 is 0 Å². The fourth-order valence-electron chi connectivity index (χ4n) is 1.89. The molecule has 0 aromatic heterocycles. The molecule has 0 unspecified atom stereocenters. The van der Waals surface area contributed by atoms with Crippen LogP contribution in [0.25, 0.3) is 0 Å². The summed E-state index contributed by atoms with van der Waals surface area (Å²) < 4.78 is 38.8. The van der Waals surface area contributed by atoms with Gasteiger partial charge in [0.25, 0.3) is 0 Å². The number of nitrogen functional groups attached to an aromatic ring is 1. The number of nitrogens with two attached hydrogens (primary N) is 1. The van der Waals surface area contributed by atoms with Crippen LogP contribution in [0, 0.1) is 3.57 Å². The first-order chi connectivity index (χ1) is 9.30. The second kappa shape index (κ2) is 5.51. The smallest absolute Gasteiger partial charge is 0.397 e. The van der Waals surface area contributed by atoms with Crippen LogP contribution in [0.4, 0.5) is 30.2 Å². The minimum absolute atomic E-state index is 0.0991. The Balaban J connectivity index is 2.42. The molecule has 0 radical (unpaired) electrons. The normalized spacial score (nSPS) is 11.4. The average Bonchev–Trinajstić information content (AvgIpc) is 2.37. The highest BCUT2D eigenvalue weighted by Gasteiger charge is 2.31. The predicted molar refractivity (Wildman–Crippen MR) is 83.1 cm³/mol. The van der Waals surface area contributed by atoms with Crippen molar-refractivity contribution >= 4 is 39.7 Å². The van der Waals surface area contributed by atoms with Crippen LogP contribution >= 0.6 is 22.6 Å². The van der Waals surface area contributed by atoms with E-state index in [0.717, 1.165) is 21.4 Å². The highest BCUT2D eigenvalue weighted by atomic mass is 127. The Kier molecular flexibility index (Phi) is 4.12. The lowest BCUT2D eigenvalue weighted by atomic mass is 10.1. The molecule has 0 aliphatic carbocycles. The van der Waals surface area contributed by atoms with Gasteiger partial charge in [-0.05, 0) is 52.9 Å². The average molecular weight is 392 g/mol. The monoisotopic (exact) mass is 392 g/mol. The van der Waals surface area contributed by atoms with Gasteiger partial charge in [0, 0.05) is 10.6 Å². The second-order valence-electron chi connectivity index (χ2n) is 4.28. The van der Waals surface area contributed by atoms with Crippen molar-refractivity contribution in [2.75, 3.05) is 17.7 Å². The molecule has 0 spiro atoms. The fourth-order valence-corrected chi connectivity index (χ4v) is 2.64. The standard InChI is InChI=1S/C14H12F3IN2/c1-20(12-5-3-2-4-10(12)18)13-7-6-9(8-11(13)19)14(15,16)17/h2-8H,19H2,1H3. The first-order valence-electron chi connectivity index (χ1n) is 5.75. The molecule has 20 heavy (non-hydrogen) atoms. The van der Waals surface area contributed by atoms with Crippen molar-refractivity contribution in [1.82, 2.24) is 0 Å². The number of hydrogen-bond acceptors (Lipinski definition) is 2. The topological polar surface area (TPSA) is 29.3 Å². The Hall–Kier alpha value is -1.44. The van der Waals surface area contributed by atoms with Crippen LogP contribution in [0.3, 0.4) is 0 Å². The maximum atomic E-state index is 12.6. The summed E-state index contributed by atoms with van der Waals surface area (Å²) in [6, 6.07) is 11.0. The maximum absolute atomic E-state index is 12.6. The summed E-state index contributed by atoms with van der Waals surface area (Å²) in [5.74, 6) is 0. The third kappa shape index (κ3) is 3.00.